The van der Waals surface area contributed by atoms with E-state index in [9.17, 15) is 4.79 Å². The second-order valence-electron chi connectivity index (χ2n) is 5.27. The molecule has 0 bridgehead atoms. The fraction of sp³-hybridized carbons (Fsp3) is 0.278. The average molecular weight is 317 g/mol. The molecule has 4 heteroatoms. The highest BCUT2D eigenvalue weighted by Crippen LogP contribution is 2.21. The Balaban J connectivity index is 1.68. The second kappa shape index (κ2) is 6.95. The first kappa shape index (κ1) is 15.1. The van der Waals surface area contributed by atoms with E-state index in [1.165, 1.54) is 0 Å². The fourth-order valence-corrected chi connectivity index (χ4v) is 2.53. The molecule has 1 saturated heterocycles. The van der Waals surface area contributed by atoms with Gasteiger partial charge in [0, 0.05) is 22.6 Å². The Morgan fingerprint density at radius 1 is 1.00 bits per heavy atom. The molecule has 0 N–H and O–H groups in total. The Morgan fingerprint density at radius 2 is 1.64 bits per heavy atom. The summed E-state index contributed by atoms with van der Waals surface area (Å²) in [7, 11) is 0. The van der Waals surface area contributed by atoms with Crippen molar-refractivity contribution in [3.05, 3.63) is 64.7 Å². The first-order valence-electron chi connectivity index (χ1n) is 7.41. The van der Waals surface area contributed by atoms with Crippen molar-refractivity contribution in [2.24, 2.45) is 0 Å². The number of hydrogen-bond acceptors (Lipinski definition) is 3. The van der Waals surface area contributed by atoms with E-state index in [0.717, 1.165) is 31.6 Å². The predicted octanol–water partition coefficient (Wildman–Crippen LogP) is 4.48. The zero-order chi connectivity index (χ0) is 15.4. The molecular weight excluding hydrogens is 300 g/mol. The van der Waals surface area contributed by atoms with Crippen molar-refractivity contribution in [3.63, 3.8) is 0 Å². The number of hydrogen-bond donors (Lipinski definition) is 0. The summed E-state index contributed by atoms with van der Waals surface area (Å²) in [4.78, 5) is 12.4. The summed E-state index contributed by atoms with van der Waals surface area (Å²) in [6.45, 7) is 0.748. The van der Waals surface area contributed by atoms with Crippen LogP contribution in [0.4, 0.5) is 0 Å². The standard InChI is InChI=1S/C18H17ClO3/c19-15-8-4-13(5-9-15)18(20)14-6-10-16(11-7-14)22-17-3-1-2-12-21-17/h4-11,17H,1-3,12H2. The number of carbonyl (C=O) groups excluding carboxylic acids is 1. The van der Waals surface area contributed by atoms with Crippen molar-refractivity contribution in [1.82, 2.24) is 0 Å². The van der Waals surface area contributed by atoms with Crippen molar-refractivity contribution < 1.29 is 14.3 Å². The normalized spacial score (nSPS) is 18.0. The van der Waals surface area contributed by atoms with Gasteiger partial charge >= 0.3 is 0 Å². The van der Waals surface area contributed by atoms with Gasteiger partial charge < -0.3 is 9.47 Å². The summed E-state index contributed by atoms with van der Waals surface area (Å²) in [6, 6.07) is 14.0. The highest BCUT2D eigenvalue weighted by molar-refractivity contribution is 6.30. The molecule has 114 valence electrons. The van der Waals surface area contributed by atoms with E-state index in [1.54, 1.807) is 48.5 Å². The van der Waals surface area contributed by atoms with Crippen LogP contribution in [-0.4, -0.2) is 18.7 Å². The Hall–Kier alpha value is -1.84. The third kappa shape index (κ3) is 3.67. The highest BCUT2D eigenvalue weighted by atomic mass is 35.5. The average Bonchev–Trinajstić information content (AvgIpc) is 2.57. The molecule has 0 radical (unpaired) electrons. The van der Waals surface area contributed by atoms with Crippen LogP contribution in [0.5, 0.6) is 5.75 Å². The molecule has 0 amide bonds. The van der Waals surface area contributed by atoms with Gasteiger partial charge in [-0.25, -0.2) is 0 Å². The molecule has 0 aromatic heterocycles. The van der Waals surface area contributed by atoms with Crippen LogP contribution in [0.25, 0.3) is 0 Å². The minimum absolute atomic E-state index is 0.0304. The monoisotopic (exact) mass is 316 g/mol. The number of halogens is 1. The van der Waals surface area contributed by atoms with Crippen molar-refractivity contribution >= 4 is 17.4 Å². The van der Waals surface area contributed by atoms with Crippen molar-refractivity contribution in [1.29, 1.82) is 0 Å². The number of ether oxygens (including phenoxy) is 2. The molecule has 0 aliphatic carbocycles. The minimum Gasteiger partial charge on any atom is -0.465 e. The molecule has 1 unspecified atom stereocenters. The van der Waals surface area contributed by atoms with E-state index >= 15 is 0 Å². The molecule has 1 aliphatic heterocycles. The first-order chi connectivity index (χ1) is 10.7. The number of ketones is 1. The maximum Gasteiger partial charge on any atom is 0.199 e. The molecular formula is C18H17ClO3. The third-order valence-electron chi connectivity index (χ3n) is 3.63. The Kier molecular flexibility index (Phi) is 4.76. The lowest BCUT2D eigenvalue weighted by atomic mass is 10.0. The van der Waals surface area contributed by atoms with Gasteiger partial charge in [0.15, 0.2) is 12.1 Å². The van der Waals surface area contributed by atoms with Gasteiger partial charge in [-0.15, -0.1) is 0 Å². The number of benzene rings is 2. The summed E-state index contributed by atoms with van der Waals surface area (Å²) in [5.74, 6) is 0.691. The van der Waals surface area contributed by atoms with Crippen LogP contribution in [0.2, 0.25) is 5.02 Å². The van der Waals surface area contributed by atoms with E-state index in [2.05, 4.69) is 0 Å². The molecule has 2 aromatic rings. The van der Waals surface area contributed by atoms with Gasteiger partial charge in [0.05, 0.1) is 6.61 Å². The lowest BCUT2D eigenvalue weighted by molar-refractivity contribution is -0.105. The van der Waals surface area contributed by atoms with Crippen molar-refractivity contribution in [2.45, 2.75) is 25.6 Å². The van der Waals surface area contributed by atoms with Crippen LogP contribution >= 0.6 is 11.6 Å². The Bertz CT molecular complexity index is 628. The molecule has 1 atom stereocenters. The SMILES string of the molecule is O=C(c1ccc(Cl)cc1)c1ccc(OC2CCCCO2)cc1. The van der Waals surface area contributed by atoms with E-state index in [0.29, 0.717) is 16.1 Å². The molecule has 0 saturated carbocycles. The number of carbonyl (C=O) groups is 1. The molecule has 1 aliphatic rings. The zero-order valence-electron chi connectivity index (χ0n) is 12.1. The smallest absolute Gasteiger partial charge is 0.199 e. The summed E-state index contributed by atoms with van der Waals surface area (Å²) >= 11 is 5.84. The third-order valence-corrected chi connectivity index (χ3v) is 3.88. The maximum absolute atomic E-state index is 12.4. The summed E-state index contributed by atoms with van der Waals surface area (Å²) in [6.07, 6.45) is 2.95. The van der Waals surface area contributed by atoms with Crippen LogP contribution in [0.3, 0.4) is 0 Å². The summed E-state index contributed by atoms with van der Waals surface area (Å²) < 4.78 is 11.3. The second-order valence-corrected chi connectivity index (χ2v) is 5.71. The van der Waals surface area contributed by atoms with Crippen molar-refractivity contribution in [3.8, 4) is 5.75 Å². The quantitative estimate of drug-likeness (QED) is 0.780. The van der Waals surface area contributed by atoms with Crippen LogP contribution < -0.4 is 4.74 Å². The molecule has 0 spiro atoms. The van der Waals surface area contributed by atoms with Crippen LogP contribution in [0, 0.1) is 0 Å². The Labute approximate surface area is 134 Å². The number of rotatable bonds is 4. The van der Waals surface area contributed by atoms with Gasteiger partial charge in [-0.2, -0.15) is 0 Å². The molecule has 2 aromatic carbocycles. The molecule has 1 heterocycles. The van der Waals surface area contributed by atoms with Crippen LogP contribution in [0.15, 0.2) is 48.5 Å². The largest absolute Gasteiger partial charge is 0.465 e. The van der Waals surface area contributed by atoms with Gasteiger partial charge in [0.2, 0.25) is 0 Å². The lowest BCUT2D eigenvalue weighted by Gasteiger charge is -2.23. The van der Waals surface area contributed by atoms with Gasteiger partial charge in [0.1, 0.15) is 5.75 Å². The van der Waals surface area contributed by atoms with E-state index in [1.807, 2.05) is 0 Å². The highest BCUT2D eigenvalue weighted by Gasteiger charge is 2.15. The minimum atomic E-state index is -0.174. The lowest BCUT2D eigenvalue weighted by Crippen LogP contribution is -2.24. The van der Waals surface area contributed by atoms with Gasteiger partial charge in [-0.1, -0.05) is 11.6 Å². The van der Waals surface area contributed by atoms with Gasteiger partial charge in [0.25, 0.3) is 0 Å². The molecule has 3 rings (SSSR count). The molecule has 22 heavy (non-hydrogen) atoms. The molecule has 3 nitrogen and oxygen atoms in total. The molecule has 1 fully saturated rings. The fourth-order valence-electron chi connectivity index (χ4n) is 2.41. The Morgan fingerprint density at radius 3 is 2.23 bits per heavy atom. The van der Waals surface area contributed by atoms with Gasteiger partial charge in [-0.05, 0) is 61.4 Å². The van der Waals surface area contributed by atoms with Crippen LogP contribution in [-0.2, 0) is 4.74 Å². The van der Waals surface area contributed by atoms with E-state index in [4.69, 9.17) is 21.1 Å². The van der Waals surface area contributed by atoms with Crippen molar-refractivity contribution in [2.75, 3.05) is 6.61 Å². The summed E-state index contributed by atoms with van der Waals surface area (Å²) in [5.41, 5.74) is 1.24. The van der Waals surface area contributed by atoms with E-state index < -0.39 is 0 Å². The predicted molar refractivity (Wildman–Crippen MR) is 85.5 cm³/mol. The summed E-state index contributed by atoms with van der Waals surface area (Å²) in [5, 5.41) is 0.618. The maximum atomic E-state index is 12.4. The van der Waals surface area contributed by atoms with Crippen LogP contribution in [0.1, 0.15) is 35.2 Å². The topological polar surface area (TPSA) is 35.5 Å². The van der Waals surface area contributed by atoms with E-state index in [-0.39, 0.29) is 12.1 Å². The zero-order valence-corrected chi connectivity index (χ0v) is 12.9. The van der Waals surface area contributed by atoms with Gasteiger partial charge in [-0.3, -0.25) is 4.79 Å². The first-order valence-corrected chi connectivity index (χ1v) is 7.79.